The number of aliphatic hydroxyl groups excluding tert-OH is 1. The molecule has 2 heterocycles. The number of aliphatic hydroxyl groups is 1. The first-order valence-electron chi connectivity index (χ1n) is 8.88. The quantitative estimate of drug-likeness (QED) is 0.845. The van der Waals surface area contributed by atoms with Crippen LogP contribution in [0, 0.1) is 29.6 Å². The molecule has 2 unspecified atom stereocenters. The molecule has 0 spiro atoms. The lowest BCUT2D eigenvalue weighted by Crippen LogP contribution is -2.52. The van der Waals surface area contributed by atoms with Crippen LogP contribution >= 0.6 is 0 Å². The summed E-state index contributed by atoms with van der Waals surface area (Å²) in [6, 6.07) is 2.19. The number of nitrogens with zero attached hydrogens (tertiary/aromatic N) is 5. The van der Waals surface area contributed by atoms with Gasteiger partial charge in [0.25, 0.3) is 0 Å². The third kappa shape index (κ3) is 2.05. The second-order valence-electron chi connectivity index (χ2n) is 8.25. The van der Waals surface area contributed by atoms with E-state index in [1.54, 1.807) is 11.6 Å². The third-order valence-electron chi connectivity index (χ3n) is 6.28. The van der Waals surface area contributed by atoms with Gasteiger partial charge in [-0.15, -0.1) is 0 Å². The van der Waals surface area contributed by atoms with Crippen molar-refractivity contribution < 1.29 is 9.63 Å². The first-order chi connectivity index (χ1) is 12.2. The smallest absolute Gasteiger partial charge is 0.223 e. The fourth-order valence-electron chi connectivity index (χ4n) is 5.07. The maximum absolute atomic E-state index is 10.7. The molecule has 2 aliphatic carbocycles. The van der Waals surface area contributed by atoms with E-state index < -0.39 is 16.9 Å². The van der Waals surface area contributed by atoms with Crippen molar-refractivity contribution >= 4 is 0 Å². The summed E-state index contributed by atoms with van der Waals surface area (Å²) in [5.74, 6) is 1.24. The molecule has 0 fully saturated rings. The molecular formula is C19H23N5O2. The number of aryl methyl sites for hydroxylation is 2. The van der Waals surface area contributed by atoms with Crippen molar-refractivity contribution in [3.63, 3.8) is 0 Å². The topological polar surface area (TPSA) is 101 Å². The fourth-order valence-corrected chi connectivity index (χ4v) is 5.07. The highest BCUT2D eigenvalue weighted by atomic mass is 16.5. The van der Waals surface area contributed by atoms with Gasteiger partial charge in [-0.3, -0.25) is 4.68 Å². The Morgan fingerprint density at radius 1 is 1.38 bits per heavy atom. The standard InChI is InChI=1S/C19H23N5O2/c1-10-21-17(23-26-10)14-12-6-7-13-18(2,3)16(25)11(9-20)8-19(13,4)15(12)22-24(14)5/h8,13,16,25H,6-7H2,1-5H3/t13-,16?,19?/m0/s1. The first-order valence-corrected chi connectivity index (χ1v) is 8.88. The van der Waals surface area contributed by atoms with Gasteiger partial charge in [0, 0.05) is 24.9 Å². The zero-order valence-electron chi connectivity index (χ0n) is 15.7. The van der Waals surface area contributed by atoms with E-state index in [4.69, 9.17) is 9.62 Å². The monoisotopic (exact) mass is 353 g/mol. The van der Waals surface area contributed by atoms with E-state index in [9.17, 15) is 10.4 Å². The van der Waals surface area contributed by atoms with Crippen LogP contribution in [0.15, 0.2) is 16.2 Å². The highest BCUT2D eigenvalue weighted by Gasteiger charge is 2.55. The van der Waals surface area contributed by atoms with Crippen LogP contribution in [0.4, 0.5) is 0 Å². The summed E-state index contributed by atoms with van der Waals surface area (Å²) in [5.41, 5.74) is 2.51. The van der Waals surface area contributed by atoms with Gasteiger partial charge < -0.3 is 9.63 Å². The van der Waals surface area contributed by atoms with Crippen molar-refractivity contribution in [2.75, 3.05) is 0 Å². The lowest BCUT2D eigenvalue weighted by molar-refractivity contribution is -0.0102. The number of fused-ring (bicyclic) bond motifs is 3. The maximum atomic E-state index is 10.7. The van der Waals surface area contributed by atoms with Crippen molar-refractivity contribution in [3.8, 4) is 17.6 Å². The van der Waals surface area contributed by atoms with Gasteiger partial charge in [0.15, 0.2) is 0 Å². The van der Waals surface area contributed by atoms with Crippen LogP contribution in [0.2, 0.25) is 0 Å². The van der Waals surface area contributed by atoms with Gasteiger partial charge in [0.1, 0.15) is 5.69 Å². The average molecular weight is 353 g/mol. The van der Waals surface area contributed by atoms with Gasteiger partial charge in [0.05, 0.1) is 23.4 Å². The van der Waals surface area contributed by atoms with Crippen LogP contribution in [0.25, 0.3) is 11.5 Å². The molecule has 2 aromatic rings. The predicted molar refractivity (Wildman–Crippen MR) is 93.9 cm³/mol. The Kier molecular flexibility index (Phi) is 3.44. The zero-order chi connectivity index (χ0) is 18.9. The molecule has 0 bridgehead atoms. The molecule has 136 valence electrons. The number of nitriles is 1. The van der Waals surface area contributed by atoms with E-state index in [1.807, 2.05) is 27.0 Å². The molecule has 0 aliphatic heterocycles. The minimum Gasteiger partial charge on any atom is -0.387 e. The van der Waals surface area contributed by atoms with Crippen LogP contribution in [-0.2, 0) is 18.9 Å². The van der Waals surface area contributed by atoms with Gasteiger partial charge in [-0.2, -0.15) is 15.3 Å². The molecule has 0 saturated heterocycles. The van der Waals surface area contributed by atoms with Crippen LogP contribution < -0.4 is 0 Å². The Morgan fingerprint density at radius 2 is 2.12 bits per heavy atom. The second-order valence-corrected chi connectivity index (χ2v) is 8.25. The summed E-state index contributed by atoms with van der Waals surface area (Å²) in [5, 5.41) is 29.1. The Balaban J connectivity index is 1.95. The van der Waals surface area contributed by atoms with E-state index in [0.717, 1.165) is 29.8 Å². The van der Waals surface area contributed by atoms with Gasteiger partial charge in [0.2, 0.25) is 11.7 Å². The van der Waals surface area contributed by atoms with E-state index in [1.165, 1.54) is 0 Å². The SMILES string of the molecule is Cc1nc(-c2c3c(nn2C)C2(C)C=C(C#N)C(O)C(C)(C)[C@@H]2CC3)no1. The Labute approximate surface area is 152 Å². The summed E-state index contributed by atoms with van der Waals surface area (Å²) in [6.45, 7) is 7.98. The van der Waals surface area contributed by atoms with Crippen molar-refractivity contribution in [1.82, 2.24) is 19.9 Å². The van der Waals surface area contributed by atoms with Gasteiger partial charge in [-0.1, -0.05) is 32.0 Å². The number of allylic oxidation sites excluding steroid dienone is 1. The van der Waals surface area contributed by atoms with Gasteiger partial charge in [-0.05, 0) is 24.2 Å². The van der Waals surface area contributed by atoms with Crippen LogP contribution in [0.3, 0.4) is 0 Å². The predicted octanol–water partition coefficient (Wildman–Crippen LogP) is 2.45. The molecule has 7 heteroatoms. The molecule has 7 nitrogen and oxygen atoms in total. The number of hydrogen-bond acceptors (Lipinski definition) is 6. The lowest BCUT2D eigenvalue weighted by Gasteiger charge is -2.52. The highest BCUT2D eigenvalue weighted by Crippen LogP contribution is 2.56. The van der Waals surface area contributed by atoms with Crippen LogP contribution in [-0.4, -0.2) is 31.1 Å². The van der Waals surface area contributed by atoms with E-state index in [2.05, 4.69) is 23.1 Å². The Morgan fingerprint density at radius 3 is 2.73 bits per heavy atom. The minimum atomic E-state index is -0.754. The molecule has 2 aromatic heterocycles. The highest BCUT2D eigenvalue weighted by molar-refractivity contribution is 5.60. The molecule has 26 heavy (non-hydrogen) atoms. The number of aromatic nitrogens is 4. The molecule has 4 rings (SSSR count). The molecule has 0 saturated carbocycles. The summed E-state index contributed by atoms with van der Waals surface area (Å²) in [7, 11) is 1.88. The molecule has 1 N–H and O–H groups in total. The number of hydrogen-bond donors (Lipinski definition) is 1. The van der Waals surface area contributed by atoms with Crippen molar-refractivity contribution in [2.45, 2.75) is 52.1 Å². The molecule has 0 radical (unpaired) electrons. The Bertz CT molecular complexity index is 961. The number of rotatable bonds is 1. The third-order valence-corrected chi connectivity index (χ3v) is 6.28. The fraction of sp³-hybridized carbons (Fsp3) is 0.579. The maximum Gasteiger partial charge on any atom is 0.223 e. The Hall–Kier alpha value is -2.46. The van der Waals surface area contributed by atoms with Crippen molar-refractivity contribution in [2.24, 2.45) is 18.4 Å². The normalized spacial score (nSPS) is 29.5. The average Bonchev–Trinajstić information content (AvgIpc) is 3.14. The second kappa shape index (κ2) is 5.27. The summed E-state index contributed by atoms with van der Waals surface area (Å²) in [6.07, 6.45) is 2.90. The summed E-state index contributed by atoms with van der Waals surface area (Å²) >= 11 is 0. The minimum absolute atomic E-state index is 0.185. The van der Waals surface area contributed by atoms with Gasteiger partial charge >= 0.3 is 0 Å². The van der Waals surface area contributed by atoms with E-state index >= 15 is 0 Å². The van der Waals surface area contributed by atoms with Crippen molar-refractivity contribution in [1.29, 1.82) is 5.26 Å². The largest absolute Gasteiger partial charge is 0.387 e. The molecule has 2 aliphatic rings. The molecule has 0 amide bonds. The van der Waals surface area contributed by atoms with Gasteiger partial charge in [-0.25, -0.2) is 0 Å². The summed E-state index contributed by atoms with van der Waals surface area (Å²) in [4.78, 5) is 4.37. The first kappa shape index (κ1) is 17.0. The lowest BCUT2D eigenvalue weighted by atomic mass is 9.52. The van der Waals surface area contributed by atoms with E-state index in [-0.39, 0.29) is 5.92 Å². The molecule has 3 atom stereocenters. The van der Waals surface area contributed by atoms with Crippen molar-refractivity contribution in [3.05, 3.63) is 28.8 Å². The van der Waals surface area contributed by atoms with Crippen LogP contribution in [0.5, 0.6) is 0 Å². The summed E-state index contributed by atoms with van der Waals surface area (Å²) < 4.78 is 6.96. The van der Waals surface area contributed by atoms with E-state index in [0.29, 0.717) is 17.3 Å². The van der Waals surface area contributed by atoms with Crippen LogP contribution in [0.1, 0.15) is 44.3 Å². The zero-order valence-corrected chi connectivity index (χ0v) is 15.7. The molecular weight excluding hydrogens is 330 g/mol. The molecule has 0 aromatic carbocycles.